The van der Waals surface area contributed by atoms with E-state index >= 15 is 0 Å². The standard InChI is InChI=1S/C20H25NO4/c1-23-14-12-21(13-15-24-2)20(22)18-10-5-4-8-16(18)17-9-6-7-11-19(17)25-3/h4-11H,12-15H2,1-3H3. The smallest absolute Gasteiger partial charge is 0.254 e. The molecule has 0 saturated carbocycles. The Bertz CT molecular complexity index is 679. The van der Waals surface area contributed by atoms with Crippen LogP contribution in [-0.4, -0.2) is 58.4 Å². The minimum absolute atomic E-state index is 0.0457. The SMILES string of the molecule is COCCN(CCOC)C(=O)c1ccccc1-c1ccccc1OC. The molecule has 2 rings (SSSR count). The maximum Gasteiger partial charge on any atom is 0.254 e. The van der Waals surface area contributed by atoms with Crippen LogP contribution in [0.25, 0.3) is 11.1 Å². The maximum absolute atomic E-state index is 13.1. The molecule has 0 aliphatic rings. The van der Waals surface area contributed by atoms with Crippen LogP contribution < -0.4 is 4.74 Å². The van der Waals surface area contributed by atoms with Crippen LogP contribution in [0.5, 0.6) is 5.75 Å². The lowest BCUT2D eigenvalue weighted by Crippen LogP contribution is -2.36. The molecule has 0 N–H and O–H groups in total. The molecule has 0 radical (unpaired) electrons. The maximum atomic E-state index is 13.1. The Morgan fingerprint density at radius 1 is 0.840 bits per heavy atom. The zero-order valence-corrected chi connectivity index (χ0v) is 15.0. The third-order valence-corrected chi connectivity index (χ3v) is 3.97. The van der Waals surface area contributed by atoms with E-state index in [2.05, 4.69) is 0 Å². The van der Waals surface area contributed by atoms with Gasteiger partial charge in [-0.25, -0.2) is 0 Å². The number of ether oxygens (including phenoxy) is 3. The van der Waals surface area contributed by atoms with E-state index < -0.39 is 0 Å². The predicted molar refractivity (Wildman–Crippen MR) is 98.1 cm³/mol. The van der Waals surface area contributed by atoms with Gasteiger partial charge in [0.1, 0.15) is 5.75 Å². The molecule has 1 amide bonds. The Balaban J connectivity index is 2.39. The molecule has 25 heavy (non-hydrogen) atoms. The Kier molecular flexibility index (Phi) is 7.44. The van der Waals surface area contributed by atoms with Crippen molar-refractivity contribution < 1.29 is 19.0 Å². The van der Waals surface area contributed by atoms with Gasteiger partial charge >= 0.3 is 0 Å². The van der Waals surface area contributed by atoms with Crippen LogP contribution in [0, 0.1) is 0 Å². The van der Waals surface area contributed by atoms with Crippen molar-refractivity contribution in [2.75, 3.05) is 47.6 Å². The summed E-state index contributed by atoms with van der Waals surface area (Å²) in [5.41, 5.74) is 2.39. The largest absolute Gasteiger partial charge is 0.496 e. The molecule has 134 valence electrons. The Labute approximate surface area is 149 Å². The molecule has 0 aliphatic heterocycles. The third kappa shape index (κ3) is 4.81. The van der Waals surface area contributed by atoms with Gasteiger partial charge in [0.2, 0.25) is 0 Å². The van der Waals surface area contributed by atoms with Crippen LogP contribution in [0.4, 0.5) is 0 Å². The number of carbonyl (C=O) groups excluding carboxylic acids is 1. The van der Waals surface area contributed by atoms with Crippen molar-refractivity contribution in [3.63, 3.8) is 0 Å². The Morgan fingerprint density at radius 2 is 1.40 bits per heavy atom. The summed E-state index contributed by atoms with van der Waals surface area (Å²) in [6, 6.07) is 15.3. The summed E-state index contributed by atoms with van der Waals surface area (Å²) in [5.74, 6) is 0.693. The fourth-order valence-electron chi connectivity index (χ4n) is 2.66. The van der Waals surface area contributed by atoms with Crippen LogP contribution in [0.3, 0.4) is 0 Å². The molecular formula is C20H25NO4. The second-order valence-corrected chi connectivity index (χ2v) is 5.52. The first-order chi connectivity index (χ1) is 12.2. The van der Waals surface area contributed by atoms with Crippen LogP contribution in [-0.2, 0) is 9.47 Å². The lowest BCUT2D eigenvalue weighted by Gasteiger charge is -2.23. The molecule has 0 unspecified atom stereocenters. The highest BCUT2D eigenvalue weighted by atomic mass is 16.5. The second-order valence-electron chi connectivity index (χ2n) is 5.52. The number of benzene rings is 2. The molecule has 0 saturated heterocycles. The number of methoxy groups -OCH3 is 3. The summed E-state index contributed by atoms with van der Waals surface area (Å²) in [5, 5.41) is 0. The van der Waals surface area contributed by atoms with Gasteiger partial charge in [0.25, 0.3) is 5.91 Å². The number of carbonyl (C=O) groups is 1. The molecule has 0 fully saturated rings. The fraction of sp³-hybridized carbons (Fsp3) is 0.350. The molecule has 0 heterocycles. The third-order valence-electron chi connectivity index (χ3n) is 3.97. The second kappa shape index (κ2) is 9.81. The molecule has 5 heteroatoms. The van der Waals surface area contributed by atoms with Crippen molar-refractivity contribution in [3.05, 3.63) is 54.1 Å². The summed E-state index contributed by atoms with van der Waals surface area (Å²) in [7, 11) is 4.89. The van der Waals surface area contributed by atoms with Crippen molar-refractivity contribution in [2.24, 2.45) is 0 Å². The first kappa shape index (κ1) is 19.0. The quantitative estimate of drug-likeness (QED) is 0.702. The minimum Gasteiger partial charge on any atom is -0.496 e. The zero-order chi connectivity index (χ0) is 18.1. The summed E-state index contributed by atoms with van der Waals surface area (Å²) in [4.78, 5) is 14.9. The molecule has 2 aromatic carbocycles. The lowest BCUT2D eigenvalue weighted by molar-refractivity contribution is 0.0628. The molecule has 0 atom stereocenters. The number of para-hydroxylation sites is 1. The number of amides is 1. The minimum atomic E-state index is -0.0457. The van der Waals surface area contributed by atoms with Gasteiger partial charge in [-0.05, 0) is 17.7 Å². The monoisotopic (exact) mass is 343 g/mol. The van der Waals surface area contributed by atoms with E-state index in [1.165, 1.54) is 0 Å². The average molecular weight is 343 g/mol. The van der Waals surface area contributed by atoms with E-state index in [0.717, 1.165) is 16.9 Å². The van der Waals surface area contributed by atoms with E-state index in [9.17, 15) is 4.79 Å². The van der Waals surface area contributed by atoms with Gasteiger partial charge in [-0.3, -0.25) is 4.79 Å². The topological polar surface area (TPSA) is 48.0 Å². The summed E-state index contributed by atoms with van der Waals surface area (Å²) < 4.78 is 15.7. The van der Waals surface area contributed by atoms with Gasteiger partial charge in [0, 0.05) is 38.4 Å². The molecule has 5 nitrogen and oxygen atoms in total. The Morgan fingerprint density at radius 3 is 2.00 bits per heavy atom. The molecule has 0 aliphatic carbocycles. The van der Waals surface area contributed by atoms with E-state index in [4.69, 9.17) is 14.2 Å². The number of hydrogen-bond acceptors (Lipinski definition) is 4. The molecule has 0 spiro atoms. The van der Waals surface area contributed by atoms with E-state index in [-0.39, 0.29) is 5.91 Å². The van der Waals surface area contributed by atoms with Crippen LogP contribution >= 0.6 is 0 Å². The van der Waals surface area contributed by atoms with Gasteiger partial charge < -0.3 is 19.1 Å². The number of rotatable bonds is 9. The van der Waals surface area contributed by atoms with Crippen LogP contribution in [0.1, 0.15) is 10.4 Å². The van der Waals surface area contributed by atoms with Crippen molar-refractivity contribution in [2.45, 2.75) is 0 Å². The number of hydrogen-bond donors (Lipinski definition) is 0. The average Bonchev–Trinajstić information content (AvgIpc) is 2.67. The highest BCUT2D eigenvalue weighted by molar-refractivity contribution is 6.01. The Hall–Kier alpha value is -2.37. The first-order valence-corrected chi connectivity index (χ1v) is 8.22. The van der Waals surface area contributed by atoms with Gasteiger partial charge in [-0.2, -0.15) is 0 Å². The molecular weight excluding hydrogens is 318 g/mol. The van der Waals surface area contributed by atoms with Gasteiger partial charge in [-0.1, -0.05) is 36.4 Å². The lowest BCUT2D eigenvalue weighted by atomic mass is 9.98. The van der Waals surface area contributed by atoms with Crippen LogP contribution in [0.2, 0.25) is 0 Å². The van der Waals surface area contributed by atoms with Crippen molar-refractivity contribution in [1.82, 2.24) is 4.90 Å². The molecule has 0 aromatic heterocycles. The van der Waals surface area contributed by atoms with E-state index in [1.54, 1.807) is 26.2 Å². The van der Waals surface area contributed by atoms with Crippen molar-refractivity contribution in [1.29, 1.82) is 0 Å². The highest BCUT2D eigenvalue weighted by Gasteiger charge is 2.20. The van der Waals surface area contributed by atoms with Gasteiger partial charge in [-0.15, -0.1) is 0 Å². The summed E-state index contributed by atoms with van der Waals surface area (Å²) >= 11 is 0. The zero-order valence-electron chi connectivity index (χ0n) is 15.0. The first-order valence-electron chi connectivity index (χ1n) is 8.22. The normalized spacial score (nSPS) is 10.5. The molecule has 0 bridgehead atoms. The van der Waals surface area contributed by atoms with Crippen molar-refractivity contribution in [3.8, 4) is 16.9 Å². The van der Waals surface area contributed by atoms with Gasteiger partial charge in [0.15, 0.2) is 0 Å². The van der Waals surface area contributed by atoms with Gasteiger partial charge in [0.05, 0.1) is 20.3 Å². The highest BCUT2D eigenvalue weighted by Crippen LogP contribution is 2.32. The predicted octanol–water partition coefficient (Wildman–Crippen LogP) is 3.10. The summed E-state index contributed by atoms with van der Waals surface area (Å²) in [6.45, 7) is 1.98. The van der Waals surface area contributed by atoms with Crippen LogP contribution in [0.15, 0.2) is 48.5 Å². The van der Waals surface area contributed by atoms with E-state index in [0.29, 0.717) is 31.9 Å². The van der Waals surface area contributed by atoms with Crippen molar-refractivity contribution >= 4 is 5.91 Å². The van der Waals surface area contributed by atoms with E-state index in [1.807, 2.05) is 48.5 Å². The fourth-order valence-corrected chi connectivity index (χ4v) is 2.66. The summed E-state index contributed by atoms with van der Waals surface area (Å²) in [6.07, 6.45) is 0. The molecule has 2 aromatic rings. The number of nitrogens with zero attached hydrogens (tertiary/aromatic N) is 1.